The Hall–Kier alpha value is -0.610. The fourth-order valence-electron chi connectivity index (χ4n) is 3.42. The van der Waals surface area contributed by atoms with E-state index in [0.29, 0.717) is 12.8 Å². The fourth-order valence-corrected chi connectivity index (χ4v) is 3.42. The number of nitrogens with zero attached hydrogens (tertiary/aromatic N) is 1. The van der Waals surface area contributed by atoms with Gasteiger partial charge < -0.3 is 10.3 Å². The van der Waals surface area contributed by atoms with Crippen LogP contribution in [-0.4, -0.2) is 26.5 Å². The number of rotatable bonds is 1. The van der Waals surface area contributed by atoms with Gasteiger partial charge in [-0.3, -0.25) is 0 Å². The first-order valence-corrected chi connectivity index (χ1v) is 6.45. The average Bonchev–Trinajstić information content (AvgIpc) is 2.26. The highest BCUT2D eigenvalue weighted by Crippen LogP contribution is 2.46. The Morgan fingerprint density at radius 1 is 0.947 bits per heavy atom. The Labute approximate surface area is 121 Å². The summed E-state index contributed by atoms with van der Waals surface area (Å²) in [5.74, 6) is 0. The SMILES string of the molecule is CC1(C)CC(O)(c2ccccc2)CC(C)(C)N1O.Cl. The Kier molecular flexibility index (Phi) is 4.38. The van der Waals surface area contributed by atoms with Crippen LogP contribution in [0.5, 0.6) is 0 Å². The minimum absolute atomic E-state index is 0. The maximum Gasteiger partial charge on any atom is 0.0933 e. The van der Waals surface area contributed by atoms with Crippen molar-refractivity contribution in [2.75, 3.05) is 0 Å². The second kappa shape index (κ2) is 5.06. The molecule has 0 spiro atoms. The number of benzene rings is 1. The van der Waals surface area contributed by atoms with E-state index >= 15 is 0 Å². The zero-order chi connectivity index (χ0) is 13.6. The van der Waals surface area contributed by atoms with Gasteiger partial charge in [0, 0.05) is 23.9 Å². The molecule has 0 atom stereocenters. The molecule has 1 fully saturated rings. The standard InChI is InChI=1S/C15H23NO2.ClH/c1-13(2)10-15(17,11-14(3,4)16(13)18)12-8-6-5-7-9-12;/h5-9,17-18H,10-11H2,1-4H3;1H. The first-order valence-electron chi connectivity index (χ1n) is 6.45. The molecule has 1 saturated heterocycles. The van der Waals surface area contributed by atoms with E-state index in [-0.39, 0.29) is 12.4 Å². The molecule has 0 bridgehead atoms. The first kappa shape index (κ1) is 16.4. The van der Waals surface area contributed by atoms with Gasteiger partial charge >= 0.3 is 0 Å². The van der Waals surface area contributed by atoms with Crippen LogP contribution in [0.15, 0.2) is 30.3 Å². The number of hydrogen-bond acceptors (Lipinski definition) is 3. The van der Waals surface area contributed by atoms with Crippen molar-refractivity contribution in [1.82, 2.24) is 5.06 Å². The molecule has 0 radical (unpaired) electrons. The maximum absolute atomic E-state index is 11.0. The second-order valence-electron chi connectivity index (χ2n) is 6.69. The minimum Gasteiger partial charge on any atom is -0.385 e. The molecule has 19 heavy (non-hydrogen) atoms. The summed E-state index contributed by atoms with van der Waals surface area (Å²) in [6.45, 7) is 7.84. The van der Waals surface area contributed by atoms with Crippen molar-refractivity contribution in [3.63, 3.8) is 0 Å². The number of hydroxylamine groups is 2. The van der Waals surface area contributed by atoms with E-state index in [4.69, 9.17) is 0 Å². The third-order valence-corrected chi connectivity index (χ3v) is 3.91. The van der Waals surface area contributed by atoms with Gasteiger partial charge in [0.25, 0.3) is 0 Å². The van der Waals surface area contributed by atoms with Crippen LogP contribution in [0.3, 0.4) is 0 Å². The predicted molar refractivity (Wildman–Crippen MR) is 78.6 cm³/mol. The lowest BCUT2D eigenvalue weighted by Gasteiger charge is -2.54. The topological polar surface area (TPSA) is 43.7 Å². The normalized spacial score (nSPS) is 24.5. The average molecular weight is 286 g/mol. The molecule has 2 rings (SSSR count). The molecule has 0 unspecified atom stereocenters. The molecule has 1 aliphatic heterocycles. The lowest BCUT2D eigenvalue weighted by atomic mass is 9.69. The second-order valence-corrected chi connectivity index (χ2v) is 6.69. The quantitative estimate of drug-likeness (QED) is 0.832. The van der Waals surface area contributed by atoms with Crippen LogP contribution in [0.1, 0.15) is 46.1 Å². The van der Waals surface area contributed by atoms with Crippen molar-refractivity contribution < 1.29 is 10.3 Å². The maximum atomic E-state index is 11.0. The molecule has 0 amide bonds. The summed E-state index contributed by atoms with van der Waals surface area (Å²) in [6, 6.07) is 9.75. The molecule has 2 N–H and O–H groups in total. The van der Waals surface area contributed by atoms with Crippen LogP contribution in [0.2, 0.25) is 0 Å². The lowest BCUT2D eigenvalue weighted by molar-refractivity contribution is -0.277. The first-order chi connectivity index (χ1) is 8.17. The zero-order valence-corrected chi connectivity index (χ0v) is 12.9. The van der Waals surface area contributed by atoms with Crippen LogP contribution >= 0.6 is 12.4 Å². The summed E-state index contributed by atoms with van der Waals surface area (Å²) < 4.78 is 0. The minimum atomic E-state index is -0.881. The van der Waals surface area contributed by atoms with Gasteiger partial charge in [0.1, 0.15) is 0 Å². The molecule has 0 saturated carbocycles. The summed E-state index contributed by atoms with van der Waals surface area (Å²) >= 11 is 0. The van der Waals surface area contributed by atoms with Gasteiger partial charge in [-0.15, -0.1) is 12.4 Å². The third-order valence-electron chi connectivity index (χ3n) is 3.91. The van der Waals surface area contributed by atoms with Crippen LogP contribution < -0.4 is 0 Å². The molecular weight excluding hydrogens is 262 g/mol. The molecule has 0 aliphatic carbocycles. The van der Waals surface area contributed by atoms with Crippen molar-refractivity contribution in [3.05, 3.63) is 35.9 Å². The smallest absolute Gasteiger partial charge is 0.0933 e. The lowest BCUT2D eigenvalue weighted by Crippen LogP contribution is -2.63. The summed E-state index contributed by atoms with van der Waals surface area (Å²) in [4.78, 5) is 0. The van der Waals surface area contributed by atoms with Crippen LogP contribution in [0.25, 0.3) is 0 Å². The third kappa shape index (κ3) is 2.95. The van der Waals surface area contributed by atoms with Crippen molar-refractivity contribution in [2.24, 2.45) is 0 Å². The Morgan fingerprint density at radius 3 is 1.79 bits per heavy atom. The Morgan fingerprint density at radius 2 is 1.37 bits per heavy atom. The molecule has 4 heteroatoms. The van der Waals surface area contributed by atoms with Crippen LogP contribution in [0.4, 0.5) is 0 Å². The van der Waals surface area contributed by atoms with Crippen molar-refractivity contribution >= 4 is 12.4 Å². The molecule has 1 heterocycles. The van der Waals surface area contributed by atoms with E-state index in [0.717, 1.165) is 5.56 Å². The van der Waals surface area contributed by atoms with E-state index in [1.54, 1.807) is 0 Å². The molecule has 108 valence electrons. The molecule has 1 aromatic rings. The zero-order valence-electron chi connectivity index (χ0n) is 12.1. The summed E-state index contributed by atoms with van der Waals surface area (Å²) in [5, 5.41) is 22.6. The predicted octanol–water partition coefficient (Wildman–Crippen LogP) is 3.34. The molecular formula is C15H24ClNO2. The number of hydrogen-bond donors (Lipinski definition) is 2. The van der Waals surface area contributed by atoms with Gasteiger partial charge in [0.15, 0.2) is 0 Å². The van der Waals surface area contributed by atoms with E-state index in [1.807, 2.05) is 58.0 Å². The van der Waals surface area contributed by atoms with Crippen molar-refractivity contribution in [1.29, 1.82) is 0 Å². The summed E-state index contributed by atoms with van der Waals surface area (Å²) in [6.07, 6.45) is 1.04. The largest absolute Gasteiger partial charge is 0.385 e. The number of halogens is 1. The van der Waals surface area contributed by atoms with Gasteiger partial charge in [0.05, 0.1) is 5.60 Å². The van der Waals surface area contributed by atoms with Gasteiger partial charge in [-0.2, -0.15) is 5.06 Å². The van der Waals surface area contributed by atoms with E-state index in [2.05, 4.69) is 0 Å². The van der Waals surface area contributed by atoms with E-state index in [1.165, 1.54) is 5.06 Å². The van der Waals surface area contributed by atoms with Gasteiger partial charge in [-0.25, -0.2) is 0 Å². The summed E-state index contributed by atoms with van der Waals surface area (Å²) in [7, 11) is 0. The van der Waals surface area contributed by atoms with Gasteiger partial charge in [-0.05, 0) is 33.3 Å². The van der Waals surface area contributed by atoms with Gasteiger partial charge in [0.2, 0.25) is 0 Å². The van der Waals surface area contributed by atoms with E-state index in [9.17, 15) is 10.3 Å². The highest BCUT2D eigenvalue weighted by atomic mass is 35.5. The highest BCUT2D eigenvalue weighted by molar-refractivity contribution is 5.85. The molecule has 3 nitrogen and oxygen atoms in total. The number of aliphatic hydroxyl groups is 1. The summed E-state index contributed by atoms with van der Waals surface area (Å²) in [5.41, 5.74) is -0.856. The van der Waals surface area contributed by atoms with Gasteiger partial charge in [-0.1, -0.05) is 30.3 Å². The van der Waals surface area contributed by atoms with Crippen molar-refractivity contribution in [2.45, 2.75) is 57.2 Å². The molecule has 1 aliphatic rings. The fraction of sp³-hybridized carbons (Fsp3) is 0.600. The van der Waals surface area contributed by atoms with Crippen molar-refractivity contribution in [3.8, 4) is 0 Å². The monoisotopic (exact) mass is 285 g/mol. The highest BCUT2D eigenvalue weighted by Gasteiger charge is 2.52. The Bertz CT molecular complexity index is 413. The Balaban J connectivity index is 0.00000180. The van der Waals surface area contributed by atoms with Crippen LogP contribution in [0, 0.1) is 0 Å². The van der Waals surface area contributed by atoms with E-state index < -0.39 is 16.7 Å². The molecule has 1 aromatic carbocycles. The van der Waals surface area contributed by atoms with Crippen LogP contribution in [-0.2, 0) is 5.60 Å². The number of piperidine rings is 1. The molecule has 0 aromatic heterocycles.